The first-order valence-corrected chi connectivity index (χ1v) is 7.46. The third-order valence-corrected chi connectivity index (χ3v) is 4.32. The van der Waals surface area contributed by atoms with Gasteiger partial charge in [-0.15, -0.1) is 0 Å². The normalized spacial score (nSPS) is 24.8. The van der Waals surface area contributed by atoms with Gasteiger partial charge in [0, 0.05) is 18.7 Å². The van der Waals surface area contributed by atoms with Crippen molar-refractivity contribution in [3.63, 3.8) is 0 Å². The van der Waals surface area contributed by atoms with Gasteiger partial charge in [0.15, 0.2) is 0 Å². The third-order valence-electron chi connectivity index (χ3n) is 4.32. The summed E-state index contributed by atoms with van der Waals surface area (Å²) in [5.41, 5.74) is 0.0168. The predicted molar refractivity (Wildman–Crippen MR) is 75.8 cm³/mol. The lowest BCUT2D eigenvalue weighted by molar-refractivity contribution is -0.137. The second kappa shape index (κ2) is 6.79. The van der Waals surface area contributed by atoms with E-state index in [1.165, 1.54) is 12.1 Å². The fraction of sp³-hybridized carbons (Fsp3) is 0.625. The van der Waals surface area contributed by atoms with Crippen molar-refractivity contribution in [1.29, 1.82) is 0 Å². The monoisotopic (exact) mass is 301 g/mol. The molecule has 0 aromatic heterocycles. The Labute approximate surface area is 123 Å². The Morgan fingerprint density at radius 2 is 2.00 bits per heavy atom. The van der Waals surface area contributed by atoms with E-state index in [-0.39, 0.29) is 24.6 Å². The maximum Gasteiger partial charge on any atom is 0.416 e. The van der Waals surface area contributed by atoms with Gasteiger partial charge in [-0.05, 0) is 43.4 Å². The average molecular weight is 301 g/mol. The van der Waals surface area contributed by atoms with Crippen LogP contribution in [-0.2, 0) is 6.18 Å². The molecule has 0 aliphatic heterocycles. The minimum Gasteiger partial charge on any atom is -0.396 e. The number of aliphatic hydroxyl groups is 1. The van der Waals surface area contributed by atoms with Gasteiger partial charge in [0.2, 0.25) is 0 Å². The summed E-state index contributed by atoms with van der Waals surface area (Å²) in [6.07, 6.45) is -0.156. The van der Waals surface area contributed by atoms with Crippen molar-refractivity contribution in [3.05, 3.63) is 35.4 Å². The molecule has 3 atom stereocenters. The Bertz CT molecular complexity index is 461. The van der Waals surface area contributed by atoms with Crippen LogP contribution in [0.5, 0.6) is 0 Å². The van der Waals surface area contributed by atoms with Crippen molar-refractivity contribution >= 4 is 0 Å². The number of aliphatic hydroxyl groups excluding tert-OH is 1. The quantitative estimate of drug-likeness (QED) is 0.884. The van der Waals surface area contributed by atoms with Crippen LogP contribution in [0.4, 0.5) is 13.2 Å². The van der Waals surface area contributed by atoms with Crippen LogP contribution in [0.3, 0.4) is 0 Å². The smallest absolute Gasteiger partial charge is 0.396 e. The predicted octanol–water partition coefficient (Wildman–Crippen LogP) is 3.91. The van der Waals surface area contributed by atoms with Gasteiger partial charge in [0.05, 0.1) is 5.56 Å². The minimum absolute atomic E-state index is 0.132. The average Bonchev–Trinajstić information content (AvgIpc) is 2.47. The summed E-state index contributed by atoms with van der Waals surface area (Å²) in [4.78, 5) is 0. The summed E-state index contributed by atoms with van der Waals surface area (Å²) in [6.45, 7) is 2.01. The number of benzene rings is 1. The van der Waals surface area contributed by atoms with Crippen LogP contribution < -0.4 is 5.32 Å². The molecule has 0 bridgehead atoms. The Morgan fingerprint density at radius 1 is 1.29 bits per heavy atom. The number of hydrogen-bond donors (Lipinski definition) is 2. The van der Waals surface area contributed by atoms with Crippen molar-refractivity contribution in [1.82, 2.24) is 5.32 Å². The highest BCUT2D eigenvalue weighted by Gasteiger charge is 2.31. The maximum atomic E-state index is 12.8. The molecule has 1 aromatic rings. The van der Waals surface area contributed by atoms with E-state index in [1.807, 2.05) is 6.92 Å². The van der Waals surface area contributed by atoms with Crippen LogP contribution in [-0.4, -0.2) is 17.8 Å². The lowest BCUT2D eigenvalue weighted by Crippen LogP contribution is -2.41. The molecule has 21 heavy (non-hydrogen) atoms. The van der Waals surface area contributed by atoms with E-state index in [0.29, 0.717) is 5.56 Å². The summed E-state index contributed by atoms with van der Waals surface area (Å²) in [7, 11) is 0. The Kier molecular flexibility index (Phi) is 5.27. The zero-order valence-corrected chi connectivity index (χ0v) is 12.2. The first kappa shape index (κ1) is 16.3. The summed E-state index contributed by atoms with van der Waals surface area (Å²) in [5, 5.41) is 12.8. The Balaban J connectivity index is 2.07. The number of alkyl halides is 3. The second-order valence-corrected chi connectivity index (χ2v) is 5.85. The van der Waals surface area contributed by atoms with E-state index in [2.05, 4.69) is 5.32 Å². The molecule has 1 aliphatic carbocycles. The second-order valence-electron chi connectivity index (χ2n) is 5.85. The van der Waals surface area contributed by atoms with Gasteiger partial charge < -0.3 is 10.4 Å². The Morgan fingerprint density at radius 3 is 2.67 bits per heavy atom. The standard InChI is InChI=1S/C16H22F3NO/c1-11(20-15-8-3-2-5-13(15)10-21)12-6-4-7-14(9-12)16(17,18)19/h4,6-7,9,11,13,15,20-21H,2-3,5,8,10H2,1H3. The van der Waals surface area contributed by atoms with Gasteiger partial charge in [-0.25, -0.2) is 0 Å². The van der Waals surface area contributed by atoms with Gasteiger partial charge in [-0.2, -0.15) is 13.2 Å². The lowest BCUT2D eigenvalue weighted by atomic mass is 9.84. The molecule has 1 saturated carbocycles. The van der Waals surface area contributed by atoms with Crippen LogP contribution in [0, 0.1) is 5.92 Å². The third kappa shape index (κ3) is 4.20. The highest BCUT2D eigenvalue weighted by Crippen LogP contribution is 2.31. The van der Waals surface area contributed by atoms with Crippen molar-refractivity contribution in [2.24, 2.45) is 5.92 Å². The number of nitrogens with one attached hydrogen (secondary N) is 1. The topological polar surface area (TPSA) is 32.3 Å². The molecule has 118 valence electrons. The van der Waals surface area contributed by atoms with Crippen molar-refractivity contribution < 1.29 is 18.3 Å². The van der Waals surface area contributed by atoms with Gasteiger partial charge >= 0.3 is 6.18 Å². The molecule has 2 N–H and O–H groups in total. The molecule has 2 nitrogen and oxygen atoms in total. The molecule has 5 heteroatoms. The fourth-order valence-corrected chi connectivity index (χ4v) is 3.05. The van der Waals surface area contributed by atoms with Gasteiger partial charge in [0.25, 0.3) is 0 Å². The summed E-state index contributed by atoms with van der Waals surface area (Å²) in [6, 6.07) is 5.46. The summed E-state index contributed by atoms with van der Waals surface area (Å²) in [5.74, 6) is 0.201. The SMILES string of the molecule is CC(NC1CCCCC1CO)c1cccc(C(F)(F)F)c1. The van der Waals surface area contributed by atoms with E-state index in [0.717, 1.165) is 31.7 Å². The van der Waals surface area contributed by atoms with Crippen molar-refractivity contribution in [3.8, 4) is 0 Å². The maximum absolute atomic E-state index is 12.8. The van der Waals surface area contributed by atoms with Gasteiger partial charge in [-0.1, -0.05) is 25.0 Å². The molecule has 1 aliphatic rings. The molecule has 1 aromatic carbocycles. The van der Waals surface area contributed by atoms with Crippen LogP contribution in [0.15, 0.2) is 24.3 Å². The zero-order valence-electron chi connectivity index (χ0n) is 12.2. The number of hydrogen-bond acceptors (Lipinski definition) is 2. The summed E-state index contributed by atoms with van der Waals surface area (Å²) < 4.78 is 38.3. The molecule has 0 radical (unpaired) electrons. The molecular formula is C16H22F3NO. The Hall–Kier alpha value is -1.07. The van der Waals surface area contributed by atoms with Gasteiger partial charge in [-0.3, -0.25) is 0 Å². The largest absolute Gasteiger partial charge is 0.416 e. The van der Waals surface area contributed by atoms with E-state index in [4.69, 9.17) is 0 Å². The first-order chi connectivity index (χ1) is 9.91. The minimum atomic E-state index is -4.31. The molecule has 1 fully saturated rings. The molecule has 0 heterocycles. The molecule has 0 spiro atoms. The fourth-order valence-electron chi connectivity index (χ4n) is 3.05. The molecule has 0 amide bonds. The van der Waals surface area contributed by atoms with E-state index >= 15 is 0 Å². The molecule has 0 saturated heterocycles. The molecule has 2 rings (SSSR count). The van der Waals surface area contributed by atoms with E-state index in [9.17, 15) is 18.3 Å². The zero-order chi connectivity index (χ0) is 15.5. The van der Waals surface area contributed by atoms with E-state index in [1.54, 1.807) is 6.07 Å². The highest BCUT2D eigenvalue weighted by atomic mass is 19.4. The van der Waals surface area contributed by atoms with Crippen LogP contribution >= 0.6 is 0 Å². The van der Waals surface area contributed by atoms with Crippen LogP contribution in [0.25, 0.3) is 0 Å². The van der Waals surface area contributed by atoms with Crippen LogP contribution in [0.1, 0.15) is 49.8 Å². The first-order valence-electron chi connectivity index (χ1n) is 7.46. The van der Waals surface area contributed by atoms with Gasteiger partial charge in [0.1, 0.15) is 0 Å². The number of halogens is 3. The van der Waals surface area contributed by atoms with Crippen molar-refractivity contribution in [2.45, 2.75) is 50.9 Å². The van der Waals surface area contributed by atoms with Crippen LogP contribution in [0.2, 0.25) is 0 Å². The highest BCUT2D eigenvalue weighted by molar-refractivity contribution is 5.27. The molecule has 3 unspecified atom stereocenters. The number of rotatable bonds is 4. The van der Waals surface area contributed by atoms with E-state index < -0.39 is 11.7 Å². The van der Waals surface area contributed by atoms with Crippen molar-refractivity contribution in [2.75, 3.05) is 6.61 Å². The molecular weight excluding hydrogens is 279 g/mol. The summed E-state index contributed by atoms with van der Waals surface area (Å²) >= 11 is 0. The lowest BCUT2D eigenvalue weighted by Gasteiger charge is -2.33.